The average Bonchev–Trinajstić information content (AvgIpc) is 3.05. The van der Waals surface area contributed by atoms with Gasteiger partial charge in [0.2, 0.25) is 0 Å². The highest BCUT2D eigenvalue weighted by Gasteiger charge is 2.42. The topological polar surface area (TPSA) is 127 Å². The number of halogens is 6. The Labute approximate surface area is 282 Å². The first-order valence-electron chi connectivity index (χ1n) is 14.6. The molecule has 0 unspecified atom stereocenters. The summed E-state index contributed by atoms with van der Waals surface area (Å²) in [6.45, 7) is 0.132. The molecule has 4 rings (SSSR count). The Balaban J connectivity index is 2.03. The van der Waals surface area contributed by atoms with Crippen LogP contribution in [0.25, 0.3) is 10.8 Å². The van der Waals surface area contributed by atoms with Crippen molar-refractivity contribution in [1.82, 2.24) is 0 Å². The zero-order valence-electron chi connectivity index (χ0n) is 26.2. The summed E-state index contributed by atoms with van der Waals surface area (Å²) in [5.41, 5.74) is -3.91. The van der Waals surface area contributed by atoms with E-state index in [1.807, 2.05) is 0 Å². The Kier molecular flexibility index (Phi) is 11.1. The molecule has 0 aromatic heterocycles. The zero-order valence-corrected chi connectivity index (χ0v) is 27.8. The number of fused-ring (bicyclic) bond motifs is 1. The van der Waals surface area contributed by atoms with Gasteiger partial charge in [0.25, 0.3) is 20.0 Å². The SMILES string of the molecule is CCOC(=O)CN(c1ccc(N(CC(=O)OCC)S(=O)(=O)c2ccccc2C(F)(F)F)c2ccccc12)S(=O)(=O)c1ccccc1C(F)(F)F. The van der Waals surface area contributed by atoms with Crippen molar-refractivity contribution >= 4 is 54.1 Å². The summed E-state index contributed by atoms with van der Waals surface area (Å²) in [6.07, 6.45) is -10.3. The highest BCUT2D eigenvalue weighted by Crippen LogP contribution is 2.42. The van der Waals surface area contributed by atoms with Crippen LogP contribution in [0.4, 0.5) is 37.7 Å². The number of sulfonamides is 2. The Bertz CT molecular complexity index is 1970. The normalized spacial score (nSPS) is 12.4. The molecule has 0 aliphatic carbocycles. The summed E-state index contributed by atoms with van der Waals surface area (Å²) >= 11 is 0. The van der Waals surface area contributed by atoms with E-state index < -0.39 is 89.7 Å². The predicted octanol–water partition coefficient (Wildman–Crippen LogP) is 6.39. The molecule has 50 heavy (non-hydrogen) atoms. The van der Waals surface area contributed by atoms with Crippen LogP contribution in [0.5, 0.6) is 0 Å². The highest BCUT2D eigenvalue weighted by atomic mass is 32.2. The molecule has 268 valence electrons. The van der Waals surface area contributed by atoms with Gasteiger partial charge < -0.3 is 9.47 Å². The molecule has 0 heterocycles. The number of hydrogen-bond acceptors (Lipinski definition) is 8. The van der Waals surface area contributed by atoms with Crippen LogP contribution in [0.15, 0.2) is 94.7 Å². The van der Waals surface area contributed by atoms with Gasteiger partial charge in [-0.05, 0) is 50.2 Å². The molecule has 0 spiro atoms. The van der Waals surface area contributed by atoms with Crippen molar-refractivity contribution in [3.05, 3.63) is 96.1 Å². The Hall–Kier alpha value is -4.84. The summed E-state index contributed by atoms with van der Waals surface area (Å²) in [7, 11) is -10.5. The maximum Gasteiger partial charge on any atom is 0.417 e. The van der Waals surface area contributed by atoms with Crippen LogP contribution < -0.4 is 8.61 Å². The molecule has 0 saturated heterocycles. The minimum Gasteiger partial charge on any atom is -0.465 e. The maximum absolute atomic E-state index is 14.0. The second-order valence-corrected chi connectivity index (χ2v) is 13.9. The summed E-state index contributed by atoms with van der Waals surface area (Å²) in [6, 6.07) is 13.6. The zero-order chi connectivity index (χ0) is 37.1. The fourth-order valence-electron chi connectivity index (χ4n) is 5.04. The van der Waals surface area contributed by atoms with E-state index in [1.165, 1.54) is 38.1 Å². The summed E-state index contributed by atoms with van der Waals surface area (Å²) < 4.78 is 151. The van der Waals surface area contributed by atoms with Crippen molar-refractivity contribution in [1.29, 1.82) is 0 Å². The number of ether oxygens (including phenoxy) is 2. The molecule has 10 nitrogen and oxygen atoms in total. The number of nitrogens with zero attached hydrogens (tertiary/aromatic N) is 2. The van der Waals surface area contributed by atoms with Crippen LogP contribution in [-0.2, 0) is 51.5 Å². The van der Waals surface area contributed by atoms with Gasteiger partial charge in [0.05, 0.1) is 45.5 Å². The van der Waals surface area contributed by atoms with Gasteiger partial charge >= 0.3 is 24.3 Å². The van der Waals surface area contributed by atoms with E-state index >= 15 is 0 Å². The lowest BCUT2D eigenvalue weighted by molar-refractivity contribution is -0.142. The average molecular weight is 747 g/mol. The molecule has 0 aliphatic rings. The van der Waals surface area contributed by atoms with Gasteiger partial charge in [0, 0.05) is 10.8 Å². The fraction of sp³-hybridized carbons (Fsp3) is 0.250. The molecule has 0 amide bonds. The van der Waals surface area contributed by atoms with E-state index in [2.05, 4.69) is 0 Å². The molecule has 0 atom stereocenters. The van der Waals surface area contributed by atoms with Crippen molar-refractivity contribution in [3.63, 3.8) is 0 Å². The van der Waals surface area contributed by atoms with Gasteiger partial charge in [-0.1, -0.05) is 48.5 Å². The number of benzene rings is 4. The van der Waals surface area contributed by atoms with Gasteiger partial charge in [-0.2, -0.15) is 26.3 Å². The van der Waals surface area contributed by atoms with Crippen LogP contribution in [0.3, 0.4) is 0 Å². The van der Waals surface area contributed by atoms with Gasteiger partial charge in [0.1, 0.15) is 13.1 Å². The van der Waals surface area contributed by atoms with E-state index in [-0.39, 0.29) is 24.0 Å². The lowest BCUT2D eigenvalue weighted by atomic mass is 10.1. The minimum atomic E-state index is -5.24. The van der Waals surface area contributed by atoms with E-state index in [0.717, 1.165) is 36.4 Å². The third-order valence-corrected chi connectivity index (χ3v) is 10.7. The Morgan fingerprint density at radius 3 is 1.20 bits per heavy atom. The lowest BCUT2D eigenvalue weighted by Crippen LogP contribution is -2.39. The van der Waals surface area contributed by atoms with E-state index in [0.29, 0.717) is 32.9 Å². The van der Waals surface area contributed by atoms with Crippen LogP contribution in [0.2, 0.25) is 0 Å². The number of hydrogen-bond donors (Lipinski definition) is 0. The smallest absolute Gasteiger partial charge is 0.417 e. The molecule has 0 aliphatic heterocycles. The predicted molar refractivity (Wildman–Crippen MR) is 169 cm³/mol. The standard InChI is InChI=1S/C32H28F6N2O8S2/c1-3-47-29(41)19-39(49(43,44)27-15-9-7-13-23(27)31(33,34)35)25-17-18-26(22-12-6-5-11-21(22)25)40(20-30(42)48-4-2)50(45,46)28-16-10-8-14-24(28)32(36,37)38/h5-18H,3-4,19-20H2,1-2H3. The largest absolute Gasteiger partial charge is 0.465 e. The van der Waals surface area contributed by atoms with Crippen LogP contribution in [0.1, 0.15) is 25.0 Å². The molecule has 4 aromatic rings. The van der Waals surface area contributed by atoms with Gasteiger partial charge in [-0.3, -0.25) is 18.2 Å². The second-order valence-electron chi connectivity index (χ2n) is 10.3. The number of rotatable bonds is 12. The lowest BCUT2D eigenvalue weighted by Gasteiger charge is -2.29. The third kappa shape index (κ3) is 7.80. The first-order valence-corrected chi connectivity index (χ1v) is 17.4. The van der Waals surface area contributed by atoms with Gasteiger partial charge in [-0.25, -0.2) is 16.8 Å². The molecule has 0 radical (unpaired) electrons. The quantitative estimate of drug-likeness (QED) is 0.121. The molecule has 0 fully saturated rings. The number of alkyl halides is 6. The molecule has 18 heteroatoms. The molecule has 4 aromatic carbocycles. The Morgan fingerprint density at radius 1 is 0.560 bits per heavy atom. The molecule has 0 N–H and O–H groups in total. The maximum atomic E-state index is 14.0. The third-order valence-electron chi connectivity index (χ3n) is 7.09. The summed E-state index contributed by atoms with van der Waals surface area (Å²) in [4.78, 5) is 23.0. The minimum absolute atomic E-state index is 0.171. The van der Waals surface area contributed by atoms with Crippen molar-refractivity contribution in [2.45, 2.75) is 36.0 Å². The summed E-state index contributed by atoms with van der Waals surface area (Å²) in [5, 5.41) is -0.342. The van der Waals surface area contributed by atoms with Crippen LogP contribution in [0, 0.1) is 0 Å². The van der Waals surface area contributed by atoms with E-state index in [4.69, 9.17) is 9.47 Å². The van der Waals surface area contributed by atoms with Crippen LogP contribution >= 0.6 is 0 Å². The summed E-state index contributed by atoms with van der Waals surface area (Å²) in [5.74, 6) is -2.30. The van der Waals surface area contributed by atoms with Crippen LogP contribution in [-0.4, -0.2) is 55.1 Å². The van der Waals surface area contributed by atoms with E-state index in [9.17, 15) is 52.8 Å². The number of esters is 2. The van der Waals surface area contributed by atoms with Gasteiger partial charge in [-0.15, -0.1) is 0 Å². The van der Waals surface area contributed by atoms with Crippen molar-refractivity contribution in [2.24, 2.45) is 0 Å². The molecule has 0 bridgehead atoms. The van der Waals surface area contributed by atoms with Gasteiger partial charge in [0.15, 0.2) is 0 Å². The first-order chi connectivity index (χ1) is 23.3. The molecular formula is C32H28F6N2O8S2. The fourth-order valence-corrected chi connectivity index (χ4v) is 8.32. The number of carbonyl (C=O) groups is 2. The van der Waals surface area contributed by atoms with E-state index in [1.54, 1.807) is 0 Å². The first kappa shape index (κ1) is 38.0. The molecule has 0 saturated carbocycles. The number of carbonyl (C=O) groups excluding carboxylic acids is 2. The van der Waals surface area contributed by atoms with Crippen molar-refractivity contribution in [2.75, 3.05) is 34.9 Å². The highest BCUT2D eigenvalue weighted by molar-refractivity contribution is 7.93. The van der Waals surface area contributed by atoms with Crippen molar-refractivity contribution in [3.8, 4) is 0 Å². The molecular weight excluding hydrogens is 718 g/mol. The van der Waals surface area contributed by atoms with Crippen molar-refractivity contribution < 1.29 is 62.2 Å². The number of anilines is 2. The second kappa shape index (κ2) is 14.6. The monoisotopic (exact) mass is 746 g/mol. The Morgan fingerprint density at radius 2 is 0.880 bits per heavy atom.